The summed E-state index contributed by atoms with van der Waals surface area (Å²) in [5, 5.41) is 14.2. The zero-order valence-corrected chi connectivity index (χ0v) is 7.28. The number of urea groups is 1. The van der Waals surface area contributed by atoms with E-state index in [1.165, 1.54) is 6.20 Å². The lowest BCUT2D eigenvalue weighted by molar-refractivity contribution is 0.0949. The van der Waals surface area contributed by atoms with Crippen molar-refractivity contribution in [3.63, 3.8) is 0 Å². The summed E-state index contributed by atoms with van der Waals surface area (Å²) in [6, 6.07) is -0.624. The van der Waals surface area contributed by atoms with Gasteiger partial charge in [-0.3, -0.25) is 4.79 Å². The van der Waals surface area contributed by atoms with E-state index >= 15 is 0 Å². The van der Waals surface area contributed by atoms with Gasteiger partial charge in [0.15, 0.2) is 5.69 Å². The fraction of sp³-hybridized carbons (Fsp3) is 0.333. The van der Waals surface area contributed by atoms with Gasteiger partial charge in [0.2, 0.25) is 0 Å². The van der Waals surface area contributed by atoms with E-state index in [1.54, 1.807) is 0 Å². The minimum atomic E-state index is -0.624. The normalized spacial score (nSPS) is 9.43. The molecular formula is C6H10N6O2. The number of hydrogen-bond acceptors (Lipinski definition) is 4. The third-order valence-corrected chi connectivity index (χ3v) is 1.36. The summed E-state index contributed by atoms with van der Waals surface area (Å²) in [5.74, 6) is -0.356. The fourth-order valence-electron chi connectivity index (χ4n) is 0.763. The van der Waals surface area contributed by atoms with Crippen LogP contribution >= 0.6 is 0 Å². The maximum atomic E-state index is 11.2. The molecule has 14 heavy (non-hydrogen) atoms. The molecule has 0 saturated carbocycles. The second-order valence-electron chi connectivity index (χ2n) is 2.40. The topological polar surface area (TPSA) is 126 Å². The van der Waals surface area contributed by atoms with Crippen LogP contribution in [0.25, 0.3) is 0 Å². The van der Waals surface area contributed by atoms with Crippen LogP contribution in [0.3, 0.4) is 0 Å². The van der Waals surface area contributed by atoms with Crippen LogP contribution in [-0.4, -0.2) is 40.4 Å². The molecule has 0 aliphatic heterocycles. The number of carbonyl (C=O) groups excluding carboxylic acids is 2. The molecule has 3 amide bonds. The molecule has 0 atom stereocenters. The molecule has 0 bridgehead atoms. The van der Waals surface area contributed by atoms with Gasteiger partial charge < -0.3 is 16.4 Å². The quantitative estimate of drug-likeness (QED) is 0.426. The van der Waals surface area contributed by atoms with Gasteiger partial charge in [-0.1, -0.05) is 0 Å². The van der Waals surface area contributed by atoms with E-state index in [2.05, 4.69) is 26.0 Å². The average molecular weight is 198 g/mol. The Morgan fingerprint density at radius 3 is 2.71 bits per heavy atom. The van der Waals surface area contributed by atoms with Gasteiger partial charge in [0.05, 0.1) is 6.20 Å². The standard InChI is InChI=1S/C6H10N6O2/c7-6(14)9-2-1-8-5(13)4-3-10-12-11-4/h3H,1-2H2,(H,8,13)(H3,7,9,14)(H,10,11,12). The Morgan fingerprint density at radius 2 is 2.14 bits per heavy atom. The summed E-state index contributed by atoms with van der Waals surface area (Å²) >= 11 is 0. The zero-order valence-electron chi connectivity index (χ0n) is 7.28. The van der Waals surface area contributed by atoms with E-state index in [4.69, 9.17) is 5.73 Å². The number of nitrogens with two attached hydrogens (primary N) is 1. The van der Waals surface area contributed by atoms with Gasteiger partial charge in [0, 0.05) is 13.1 Å². The minimum absolute atomic E-state index is 0.198. The molecule has 1 aromatic heterocycles. The summed E-state index contributed by atoms with van der Waals surface area (Å²) in [7, 11) is 0. The van der Waals surface area contributed by atoms with Crippen molar-refractivity contribution < 1.29 is 9.59 Å². The number of nitrogens with zero attached hydrogens (tertiary/aromatic N) is 2. The van der Waals surface area contributed by atoms with Crippen LogP contribution < -0.4 is 16.4 Å². The van der Waals surface area contributed by atoms with E-state index in [9.17, 15) is 9.59 Å². The number of aromatic nitrogens is 3. The smallest absolute Gasteiger partial charge is 0.312 e. The molecule has 1 rings (SSSR count). The first-order chi connectivity index (χ1) is 6.70. The highest BCUT2D eigenvalue weighted by Crippen LogP contribution is 1.86. The molecule has 0 aliphatic carbocycles. The molecule has 0 fully saturated rings. The van der Waals surface area contributed by atoms with Crippen LogP contribution in [0.1, 0.15) is 10.5 Å². The third-order valence-electron chi connectivity index (χ3n) is 1.36. The van der Waals surface area contributed by atoms with Crippen LogP contribution in [0, 0.1) is 0 Å². The van der Waals surface area contributed by atoms with E-state index in [0.717, 1.165) is 0 Å². The second-order valence-corrected chi connectivity index (χ2v) is 2.40. The summed E-state index contributed by atoms with van der Waals surface area (Å²) in [6.07, 6.45) is 1.30. The largest absolute Gasteiger partial charge is 0.352 e. The van der Waals surface area contributed by atoms with E-state index in [0.29, 0.717) is 0 Å². The summed E-state index contributed by atoms with van der Waals surface area (Å²) in [4.78, 5) is 21.4. The summed E-state index contributed by atoms with van der Waals surface area (Å²) in [6.45, 7) is 0.563. The molecule has 1 aromatic rings. The number of amides is 3. The van der Waals surface area contributed by atoms with Crippen molar-refractivity contribution in [3.05, 3.63) is 11.9 Å². The van der Waals surface area contributed by atoms with Gasteiger partial charge in [0.1, 0.15) is 0 Å². The highest BCUT2D eigenvalue weighted by atomic mass is 16.2. The van der Waals surface area contributed by atoms with Gasteiger partial charge >= 0.3 is 6.03 Å². The second kappa shape index (κ2) is 4.80. The van der Waals surface area contributed by atoms with Gasteiger partial charge in [-0.2, -0.15) is 15.4 Å². The molecule has 1 heterocycles. The molecule has 5 N–H and O–H groups in total. The monoisotopic (exact) mass is 198 g/mol. The van der Waals surface area contributed by atoms with Crippen molar-refractivity contribution in [1.29, 1.82) is 0 Å². The molecule has 0 aromatic carbocycles. The highest BCUT2D eigenvalue weighted by Gasteiger charge is 2.06. The van der Waals surface area contributed by atoms with Crippen LogP contribution in [0.15, 0.2) is 6.20 Å². The number of primary amides is 1. The molecule has 0 aliphatic rings. The summed E-state index contributed by atoms with van der Waals surface area (Å²) < 4.78 is 0. The summed E-state index contributed by atoms with van der Waals surface area (Å²) in [5.41, 5.74) is 5.01. The van der Waals surface area contributed by atoms with Crippen molar-refractivity contribution in [3.8, 4) is 0 Å². The molecule has 76 valence electrons. The number of nitrogens with one attached hydrogen (secondary N) is 3. The average Bonchev–Trinajstić information content (AvgIpc) is 2.64. The van der Waals surface area contributed by atoms with Crippen LogP contribution in [0.4, 0.5) is 4.79 Å². The van der Waals surface area contributed by atoms with Gasteiger partial charge in [0.25, 0.3) is 5.91 Å². The minimum Gasteiger partial charge on any atom is -0.352 e. The van der Waals surface area contributed by atoms with E-state index < -0.39 is 6.03 Å². The number of carbonyl (C=O) groups is 2. The molecule has 8 nitrogen and oxygen atoms in total. The van der Waals surface area contributed by atoms with Gasteiger partial charge in [-0.25, -0.2) is 4.79 Å². The highest BCUT2D eigenvalue weighted by molar-refractivity contribution is 5.91. The number of aromatic amines is 1. The van der Waals surface area contributed by atoms with E-state index in [1.807, 2.05) is 0 Å². The molecular weight excluding hydrogens is 188 g/mol. The zero-order chi connectivity index (χ0) is 10.4. The lowest BCUT2D eigenvalue weighted by Crippen LogP contribution is -2.37. The Labute approximate surface area is 79.2 Å². The van der Waals surface area contributed by atoms with E-state index in [-0.39, 0.29) is 24.7 Å². The molecule has 8 heteroatoms. The number of H-pyrrole nitrogens is 1. The first-order valence-electron chi connectivity index (χ1n) is 3.87. The predicted molar refractivity (Wildman–Crippen MR) is 46.3 cm³/mol. The van der Waals surface area contributed by atoms with Crippen molar-refractivity contribution in [2.75, 3.05) is 13.1 Å². The first-order valence-corrected chi connectivity index (χ1v) is 3.87. The van der Waals surface area contributed by atoms with Gasteiger partial charge in [-0.15, -0.1) is 0 Å². The Morgan fingerprint density at radius 1 is 1.43 bits per heavy atom. The van der Waals surface area contributed by atoms with Crippen molar-refractivity contribution in [2.45, 2.75) is 0 Å². The molecule has 0 saturated heterocycles. The third kappa shape index (κ3) is 3.09. The van der Waals surface area contributed by atoms with Crippen LogP contribution in [0.5, 0.6) is 0 Å². The Hall–Kier alpha value is -2.12. The van der Waals surface area contributed by atoms with Crippen LogP contribution in [-0.2, 0) is 0 Å². The molecule has 0 unspecified atom stereocenters. The lowest BCUT2D eigenvalue weighted by atomic mass is 10.4. The molecule has 0 spiro atoms. The number of rotatable bonds is 4. The van der Waals surface area contributed by atoms with Crippen molar-refractivity contribution in [2.24, 2.45) is 5.73 Å². The lowest BCUT2D eigenvalue weighted by Gasteiger charge is -2.02. The Kier molecular flexibility index (Phi) is 3.41. The SMILES string of the molecule is NC(=O)NCCNC(=O)c1cn[nH]n1. The Balaban J connectivity index is 2.19. The maximum Gasteiger partial charge on any atom is 0.312 e. The van der Waals surface area contributed by atoms with Crippen molar-refractivity contribution >= 4 is 11.9 Å². The molecule has 0 radical (unpaired) electrons. The fourth-order valence-corrected chi connectivity index (χ4v) is 0.763. The number of hydrogen-bond donors (Lipinski definition) is 4. The van der Waals surface area contributed by atoms with Crippen molar-refractivity contribution in [1.82, 2.24) is 26.0 Å². The Bertz CT molecular complexity index is 308. The predicted octanol–water partition coefficient (Wildman–Crippen LogP) is -1.80. The maximum absolute atomic E-state index is 11.2. The first kappa shape index (κ1) is 9.96. The van der Waals surface area contributed by atoms with Crippen LogP contribution in [0.2, 0.25) is 0 Å². The van der Waals surface area contributed by atoms with Gasteiger partial charge in [-0.05, 0) is 0 Å².